The number of nitrogens with one attached hydrogen (secondary N) is 1. The Morgan fingerprint density at radius 3 is 2.75 bits per heavy atom. The number of hydrogen-bond acceptors (Lipinski definition) is 3. The molecule has 1 aliphatic rings. The van der Waals surface area contributed by atoms with Crippen LogP contribution in [-0.4, -0.2) is 25.2 Å². The predicted octanol–water partition coefficient (Wildman–Crippen LogP) is 2.50. The molecule has 1 rings (SSSR count). The van der Waals surface area contributed by atoms with Gasteiger partial charge in [-0.15, -0.1) is 0 Å². The molecule has 1 saturated carbocycles. The molecule has 0 heterocycles. The molecule has 94 valence electrons. The van der Waals surface area contributed by atoms with Crippen molar-refractivity contribution in [1.82, 2.24) is 5.32 Å². The van der Waals surface area contributed by atoms with E-state index in [9.17, 15) is 4.79 Å². The Hall–Kier alpha value is -0.570. The van der Waals surface area contributed by atoms with Crippen molar-refractivity contribution in [2.24, 2.45) is 5.92 Å². The molecule has 0 radical (unpaired) electrons. The van der Waals surface area contributed by atoms with Gasteiger partial charge in [-0.25, -0.2) is 0 Å². The summed E-state index contributed by atoms with van der Waals surface area (Å²) in [6, 6.07) is 0. The maximum Gasteiger partial charge on any atom is 0.307 e. The van der Waals surface area contributed by atoms with Gasteiger partial charge in [-0.3, -0.25) is 4.79 Å². The van der Waals surface area contributed by atoms with Crippen LogP contribution in [0.25, 0.3) is 0 Å². The minimum absolute atomic E-state index is 0.0146. The third kappa shape index (κ3) is 2.97. The van der Waals surface area contributed by atoms with Crippen LogP contribution in [0.15, 0.2) is 0 Å². The zero-order valence-corrected chi connectivity index (χ0v) is 10.8. The second-order valence-corrected chi connectivity index (χ2v) is 4.74. The van der Waals surface area contributed by atoms with Crippen molar-refractivity contribution in [2.45, 2.75) is 57.9 Å². The maximum absolute atomic E-state index is 11.7. The van der Waals surface area contributed by atoms with Crippen molar-refractivity contribution >= 4 is 5.97 Å². The van der Waals surface area contributed by atoms with Crippen LogP contribution >= 0.6 is 0 Å². The van der Waals surface area contributed by atoms with E-state index in [0.717, 1.165) is 12.8 Å². The molecular formula is C13H25NO2. The highest BCUT2D eigenvalue weighted by Crippen LogP contribution is 2.38. The fourth-order valence-corrected chi connectivity index (χ4v) is 3.03. The fourth-order valence-electron chi connectivity index (χ4n) is 3.03. The first-order valence-corrected chi connectivity index (χ1v) is 6.53. The predicted molar refractivity (Wildman–Crippen MR) is 65.3 cm³/mol. The van der Waals surface area contributed by atoms with Crippen LogP contribution in [0.5, 0.6) is 0 Å². The Morgan fingerprint density at radius 2 is 2.19 bits per heavy atom. The van der Waals surface area contributed by atoms with Gasteiger partial charge in [-0.2, -0.15) is 0 Å². The van der Waals surface area contributed by atoms with Crippen LogP contribution < -0.4 is 5.32 Å². The van der Waals surface area contributed by atoms with Gasteiger partial charge < -0.3 is 10.1 Å². The van der Waals surface area contributed by atoms with Crippen LogP contribution in [0.1, 0.15) is 52.4 Å². The lowest BCUT2D eigenvalue weighted by Gasteiger charge is -2.43. The van der Waals surface area contributed by atoms with E-state index in [1.165, 1.54) is 19.3 Å². The van der Waals surface area contributed by atoms with Gasteiger partial charge in [0.2, 0.25) is 0 Å². The number of esters is 1. The largest absolute Gasteiger partial charge is 0.466 e. The second-order valence-electron chi connectivity index (χ2n) is 4.74. The van der Waals surface area contributed by atoms with Crippen LogP contribution in [0.4, 0.5) is 0 Å². The van der Waals surface area contributed by atoms with E-state index in [-0.39, 0.29) is 11.5 Å². The standard InChI is InChI=1S/C13H25NO2/c1-4-11-8-6-7-9-13(11,14-3)10-12(15)16-5-2/h11,14H,4-10H2,1-3H3. The third-order valence-electron chi connectivity index (χ3n) is 3.96. The van der Waals surface area contributed by atoms with Crippen molar-refractivity contribution in [3.05, 3.63) is 0 Å². The molecule has 1 fully saturated rings. The monoisotopic (exact) mass is 227 g/mol. The zero-order valence-electron chi connectivity index (χ0n) is 10.8. The highest BCUT2D eigenvalue weighted by atomic mass is 16.5. The topological polar surface area (TPSA) is 38.3 Å². The summed E-state index contributed by atoms with van der Waals surface area (Å²) in [5.74, 6) is 0.549. The lowest BCUT2D eigenvalue weighted by atomic mass is 9.70. The highest BCUT2D eigenvalue weighted by Gasteiger charge is 2.40. The molecule has 3 heteroatoms. The molecular weight excluding hydrogens is 202 g/mol. The summed E-state index contributed by atoms with van der Waals surface area (Å²) in [4.78, 5) is 11.7. The van der Waals surface area contributed by atoms with E-state index in [4.69, 9.17) is 4.74 Å². The van der Waals surface area contributed by atoms with Gasteiger partial charge in [0.25, 0.3) is 0 Å². The Morgan fingerprint density at radius 1 is 1.44 bits per heavy atom. The quantitative estimate of drug-likeness (QED) is 0.733. The summed E-state index contributed by atoms with van der Waals surface area (Å²) in [7, 11) is 1.98. The molecule has 0 aliphatic heterocycles. The Balaban J connectivity index is 2.69. The zero-order chi connectivity index (χ0) is 12.0. The minimum atomic E-state index is -0.0581. The van der Waals surface area contributed by atoms with Gasteiger partial charge >= 0.3 is 5.97 Å². The van der Waals surface area contributed by atoms with Crippen molar-refractivity contribution < 1.29 is 9.53 Å². The molecule has 0 aromatic carbocycles. The van der Waals surface area contributed by atoms with Gasteiger partial charge in [0.05, 0.1) is 13.0 Å². The Bertz CT molecular complexity index is 230. The van der Waals surface area contributed by atoms with E-state index in [0.29, 0.717) is 18.9 Å². The summed E-state index contributed by atoms with van der Waals surface area (Å²) in [5, 5.41) is 3.41. The molecule has 0 spiro atoms. The number of hydrogen-bond donors (Lipinski definition) is 1. The average Bonchev–Trinajstić information content (AvgIpc) is 2.29. The summed E-state index contributed by atoms with van der Waals surface area (Å²) < 4.78 is 5.09. The molecule has 0 aromatic heterocycles. The van der Waals surface area contributed by atoms with Gasteiger partial charge in [0.15, 0.2) is 0 Å². The van der Waals surface area contributed by atoms with Crippen LogP contribution in [0.2, 0.25) is 0 Å². The van der Waals surface area contributed by atoms with Gasteiger partial charge in [0.1, 0.15) is 0 Å². The van der Waals surface area contributed by atoms with Crippen LogP contribution in [0, 0.1) is 5.92 Å². The molecule has 0 bridgehead atoms. The van der Waals surface area contributed by atoms with Gasteiger partial charge in [-0.05, 0) is 32.7 Å². The average molecular weight is 227 g/mol. The first kappa shape index (κ1) is 13.5. The Labute approximate surface area is 98.9 Å². The van der Waals surface area contributed by atoms with Gasteiger partial charge in [-0.1, -0.05) is 26.2 Å². The molecule has 0 saturated heterocycles. The van der Waals surface area contributed by atoms with Crippen molar-refractivity contribution in [3.63, 3.8) is 0 Å². The third-order valence-corrected chi connectivity index (χ3v) is 3.96. The minimum Gasteiger partial charge on any atom is -0.466 e. The number of ether oxygens (including phenoxy) is 1. The van der Waals surface area contributed by atoms with E-state index in [1.807, 2.05) is 14.0 Å². The van der Waals surface area contributed by atoms with Crippen LogP contribution in [0.3, 0.4) is 0 Å². The SMILES string of the molecule is CCOC(=O)CC1(NC)CCCCC1CC. The Kier molecular flexibility index (Phi) is 5.26. The molecule has 2 atom stereocenters. The summed E-state index contributed by atoms with van der Waals surface area (Å²) in [6.07, 6.45) is 6.51. The van der Waals surface area contributed by atoms with Crippen molar-refractivity contribution in [1.29, 1.82) is 0 Å². The lowest BCUT2D eigenvalue weighted by Crippen LogP contribution is -2.52. The smallest absolute Gasteiger partial charge is 0.307 e. The number of carbonyl (C=O) groups excluding carboxylic acids is 1. The molecule has 0 amide bonds. The molecule has 1 N–H and O–H groups in total. The molecule has 1 aliphatic carbocycles. The second kappa shape index (κ2) is 6.24. The van der Waals surface area contributed by atoms with Crippen LogP contribution in [-0.2, 0) is 9.53 Å². The summed E-state index contributed by atoms with van der Waals surface area (Å²) in [6.45, 7) is 4.56. The van der Waals surface area contributed by atoms with Crippen molar-refractivity contribution in [3.8, 4) is 0 Å². The fraction of sp³-hybridized carbons (Fsp3) is 0.923. The molecule has 16 heavy (non-hydrogen) atoms. The molecule has 2 unspecified atom stereocenters. The number of carbonyl (C=O) groups is 1. The van der Waals surface area contributed by atoms with Gasteiger partial charge in [0, 0.05) is 5.54 Å². The number of rotatable bonds is 5. The highest BCUT2D eigenvalue weighted by molar-refractivity contribution is 5.71. The van der Waals surface area contributed by atoms with E-state index < -0.39 is 0 Å². The molecule has 3 nitrogen and oxygen atoms in total. The van der Waals surface area contributed by atoms with Crippen molar-refractivity contribution in [2.75, 3.05) is 13.7 Å². The van der Waals surface area contributed by atoms with E-state index in [1.54, 1.807) is 0 Å². The normalized spacial score (nSPS) is 30.1. The van der Waals surface area contributed by atoms with E-state index in [2.05, 4.69) is 12.2 Å². The summed E-state index contributed by atoms with van der Waals surface area (Å²) >= 11 is 0. The lowest BCUT2D eigenvalue weighted by molar-refractivity contribution is -0.146. The van der Waals surface area contributed by atoms with E-state index >= 15 is 0 Å². The molecule has 0 aromatic rings. The first-order chi connectivity index (χ1) is 7.68. The summed E-state index contributed by atoms with van der Waals surface area (Å²) in [5.41, 5.74) is -0.0146. The maximum atomic E-state index is 11.7. The first-order valence-electron chi connectivity index (χ1n) is 6.53.